The third-order valence-corrected chi connectivity index (χ3v) is 3.44. The lowest BCUT2D eigenvalue weighted by atomic mass is 10.0. The zero-order chi connectivity index (χ0) is 15.4. The van der Waals surface area contributed by atoms with Gasteiger partial charge in [0.2, 0.25) is 0 Å². The largest absolute Gasteiger partial charge is 0.460 e. The maximum Gasteiger partial charge on any atom is 0.313 e. The van der Waals surface area contributed by atoms with Crippen LogP contribution in [0, 0.1) is 12.7 Å². The molecule has 21 heavy (non-hydrogen) atoms. The summed E-state index contributed by atoms with van der Waals surface area (Å²) in [6, 6.07) is 11.6. The summed E-state index contributed by atoms with van der Waals surface area (Å²) in [7, 11) is 0. The van der Waals surface area contributed by atoms with Gasteiger partial charge in [-0.25, -0.2) is 4.39 Å². The Hall–Kier alpha value is -2.36. The standard InChI is InChI=1S/C17H18FNO2/c1-11-8-15(18)7-6-14(11)10-21-17(20)12(2)13-4-3-5-16(19)9-13/h3-9,12H,10,19H2,1-2H3. The third kappa shape index (κ3) is 3.81. The van der Waals surface area contributed by atoms with Gasteiger partial charge in [0.15, 0.2) is 0 Å². The molecule has 3 nitrogen and oxygen atoms in total. The number of benzene rings is 2. The van der Waals surface area contributed by atoms with Gasteiger partial charge in [0.1, 0.15) is 12.4 Å². The number of anilines is 1. The molecular formula is C17H18FNO2. The van der Waals surface area contributed by atoms with Gasteiger partial charge in [-0.1, -0.05) is 18.2 Å². The normalized spacial score (nSPS) is 12.0. The molecule has 0 bridgehead atoms. The van der Waals surface area contributed by atoms with Crippen molar-refractivity contribution in [3.63, 3.8) is 0 Å². The van der Waals surface area contributed by atoms with Crippen molar-refractivity contribution in [2.75, 3.05) is 5.73 Å². The number of halogens is 1. The Kier molecular flexibility index (Phi) is 4.58. The topological polar surface area (TPSA) is 52.3 Å². The summed E-state index contributed by atoms with van der Waals surface area (Å²) in [6.45, 7) is 3.69. The fraction of sp³-hybridized carbons (Fsp3) is 0.235. The molecule has 4 heteroatoms. The maximum absolute atomic E-state index is 13.0. The fourth-order valence-electron chi connectivity index (χ4n) is 2.06. The molecule has 2 aromatic rings. The van der Waals surface area contributed by atoms with E-state index < -0.39 is 5.92 Å². The lowest BCUT2D eigenvalue weighted by Crippen LogP contribution is -2.13. The number of carbonyl (C=O) groups excluding carboxylic acids is 1. The first-order valence-electron chi connectivity index (χ1n) is 6.74. The van der Waals surface area contributed by atoms with Gasteiger partial charge in [-0.3, -0.25) is 4.79 Å². The fourth-order valence-corrected chi connectivity index (χ4v) is 2.06. The van der Waals surface area contributed by atoms with Crippen LogP contribution in [0.2, 0.25) is 0 Å². The van der Waals surface area contributed by atoms with Crippen LogP contribution in [0.4, 0.5) is 10.1 Å². The molecule has 0 spiro atoms. The van der Waals surface area contributed by atoms with Crippen molar-refractivity contribution < 1.29 is 13.9 Å². The van der Waals surface area contributed by atoms with Crippen molar-refractivity contribution in [2.24, 2.45) is 0 Å². The maximum atomic E-state index is 13.0. The van der Waals surface area contributed by atoms with Crippen LogP contribution in [0.25, 0.3) is 0 Å². The van der Waals surface area contributed by atoms with Crippen LogP contribution in [0.1, 0.15) is 29.5 Å². The minimum atomic E-state index is -0.394. The molecule has 1 unspecified atom stereocenters. The van der Waals surface area contributed by atoms with Gasteiger partial charge in [-0.15, -0.1) is 0 Å². The average Bonchev–Trinajstić information content (AvgIpc) is 2.45. The van der Waals surface area contributed by atoms with Crippen LogP contribution in [0.15, 0.2) is 42.5 Å². The van der Waals surface area contributed by atoms with E-state index in [1.54, 1.807) is 38.1 Å². The number of hydrogen-bond acceptors (Lipinski definition) is 3. The molecule has 0 saturated heterocycles. The van der Waals surface area contributed by atoms with Gasteiger partial charge >= 0.3 is 5.97 Å². The van der Waals surface area contributed by atoms with E-state index in [2.05, 4.69) is 0 Å². The third-order valence-electron chi connectivity index (χ3n) is 3.44. The Bertz CT molecular complexity index is 655. The monoisotopic (exact) mass is 287 g/mol. The van der Waals surface area contributed by atoms with Gasteiger partial charge in [-0.05, 0) is 54.8 Å². The van der Waals surface area contributed by atoms with Crippen molar-refractivity contribution in [3.8, 4) is 0 Å². The molecule has 0 aliphatic rings. The Morgan fingerprint density at radius 2 is 2.05 bits per heavy atom. The van der Waals surface area contributed by atoms with E-state index in [4.69, 9.17) is 10.5 Å². The van der Waals surface area contributed by atoms with E-state index in [0.717, 1.165) is 16.7 Å². The summed E-state index contributed by atoms with van der Waals surface area (Å²) in [6.07, 6.45) is 0. The molecule has 110 valence electrons. The first kappa shape index (κ1) is 15.0. The highest BCUT2D eigenvalue weighted by Crippen LogP contribution is 2.20. The van der Waals surface area contributed by atoms with E-state index in [1.807, 2.05) is 6.07 Å². The first-order valence-corrected chi connectivity index (χ1v) is 6.74. The molecule has 0 aliphatic heterocycles. The number of hydrogen-bond donors (Lipinski definition) is 1. The second-order valence-electron chi connectivity index (χ2n) is 5.07. The van der Waals surface area contributed by atoms with E-state index in [-0.39, 0.29) is 18.4 Å². The van der Waals surface area contributed by atoms with Crippen molar-refractivity contribution in [3.05, 3.63) is 65.0 Å². The molecule has 0 fully saturated rings. The Labute approximate surface area is 123 Å². The number of aryl methyl sites for hydroxylation is 1. The molecule has 0 radical (unpaired) electrons. The molecule has 0 aromatic heterocycles. The predicted octanol–water partition coefficient (Wildman–Crippen LogP) is 3.56. The molecule has 0 aliphatic carbocycles. The minimum Gasteiger partial charge on any atom is -0.460 e. The average molecular weight is 287 g/mol. The number of nitrogens with two attached hydrogens (primary N) is 1. The van der Waals surface area contributed by atoms with Crippen molar-refractivity contribution in [1.82, 2.24) is 0 Å². The van der Waals surface area contributed by atoms with E-state index in [0.29, 0.717) is 5.69 Å². The van der Waals surface area contributed by atoms with Crippen LogP contribution in [0.5, 0.6) is 0 Å². The summed E-state index contributed by atoms with van der Waals surface area (Å²) in [5, 5.41) is 0. The molecule has 1 atom stereocenters. The van der Waals surface area contributed by atoms with Gasteiger partial charge < -0.3 is 10.5 Å². The number of carbonyl (C=O) groups is 1. The van der Waals surface area contributed by atoms with Crippen LogP contribution >= 0.6 is 0 Å². The lowest BCUT2D eigenvalue weighted by molar-refractivity contribution is -0.146. The van der Waals surface area contributed by atoms with E-state index in [9.17, 15) is 9.18 Å². The minimum absolute atomic E-state index is 0.137. The Morgan fingerprint density at radius 3 is 2.71 bits per heavy atom. The highest BCUT2D eigenvalue weighted by molar-refractivity contribution is 5.78. The summed E-state index contributed by atoms with van der Waals surface area (Å²) in [5.41, 5.74) is 8.70. The Balaban J connectivity index is 2.01. The van der Waals surface area contributed by atoms with Crippen LogP contribution in [-0.2, 0) is 16.1 Å². The SMILES string of the molecule is Cc1cc(F)ccc1COC(=O)C(C)c1cccc(N)c1. The van der Waals surface area contributed by atoms with Gasteiger partial charge in [0.05, 0.1) is 5.92 Å². The number of esters is 1. The van der Waals surface area contributed by atoms with Crippen LogP contribution < -0.4 is 5.73 Å². The molecule has 2 N–H and O–H groups in total. The summed E-state index contributed by atoms with van der Waals surface area (Å²) >= 11 is 0. The summed E-state index contributed by atoms with van der Waals surface area (Å²) in [5.74, 6) is -1.02. The second-order valence-corrected chi connectivity index (χ2v) is 5.07. The van der Waals surface area contributed by atoms with Crippen molar-refractivity contribution in [1.29, 1.82) is 0 Å². The quantitative estimate of drug-likeness (QED) is 0.691. The molecule has 0 amide bonds. The first-order chi connectivity index (χ1) is 9.97. The molecule has 0 heterocycles. The van der Waals surface area contributed by atoms with E-state index >= 15 is 0 Å². The molecule has 0 saturated carbocycles. The highest BCUT2D eigenvalue weighted by Gasteiger charge is 2.17. The lowest BCUT2D eigenvalue weighted by Gasteiger charge is -2.13. The van der Waals surface area contributed by atoms with Crippen molar-refractivity contribution >= 4 is 11.7 Å². The predicted molar refractivity (Wildman–Crippen MR) is 80.2 cm³/mol. The smallest absolute Gasteiger partial charge is 0.313 e. The number of rotatable bonds is 4. The number of nitrogen functional groups attached to an aromatic ring is 1. The zero-order valence-electron chi connectivity index (χ0n) is 12.1. The second kappa shape index (κ2) is 6.39. The van der Waals surface area contributed by atoms with Gasteiger partial charge in [-0.2, -0.15) is 0 Å². The van der Waals surface area contributed by atoms with Crippen molar-refractivity contribution in [2.45, 2.75) is 26.4 Å². The Morgan fingerprint density at radius 1 is 1.29 bits per heavy atom. The van der Waals surface area contributed by atoms with Gasteiger partial charge in [0.25, 0.3) is 0 Å². The molecule has 2 rings (SSSR count). The van der Waals surface area contributed by atoms with Crippen LogP contribution in [-0.4, -0.2) is 5.97 Å². The van der Waals surface area contributed by atoms with Crippen LogP contribution in [0.3, 0.4) is 0 Å². The zero-order valence-corrected chi connectivity index (χ0v) is 12.1. The molecule has 2 aromatic carbocycles. The van der Waals surface area contributed by atoms with E-state index in [1.165, 1.54) is 12.1 Å². The van der Waals surface area contributed by atoms with Gasteiger partial charge in [0, 0.05) is 5.69 Å². The highest BCUT2D eigenvalue weighted by atomic mass is 19.1. The number of ether oxygens (including phenoxy) is 1. The summed E-state index contributed by atoms with van der Waals surface area (Å²) in [4.78, 5) is 12.1. The summed E-state index contributed by atoms with van der Waals surface area (Å²) < 4.78 is 18.3. The molecular weight excluding hydrogens is 269 g/mol.